The molecule has 21 heavy (non-hydrogen) atoms. The van der Waals surface area contributed by atoms with Crippen LogP contribution in [0.2, 0.25) is 0 Å². The minimum Gasteiger partial charge on any atom is -0.505 e. The first kappa shape index (κ1) is 14.8. The first-order valence-corrected chi connectivity index (χ1v) is 7.14. The van der Waals surface area contributed by atoms with Crippen LogP contribution in [-0.4, -0.2) is 24.6 Å². The second-order valence-corrected chi connectivity index (χ2v) is 5.69. The van der Waals surface area contributed by atoms with Gasteiger partial charge in [0.15, 0.2) is 5.75 Å². The zero-order chi connectivity index (χ0) is 15.6. The van der Waals surface area contributed by atoms with E-state index < -0.39 is 38.0 Å². The Morgan fingerprint density at radius 2 is 1.76 bits per heavy atom. The molecule has 6 nitrogen and oxygen atoms in total. The van der Waals surface area contributed by atoms with E-state index in [1.165, 1.54) is 24.3 Å². The molecule has 0 saturated carbocycles. The molecule has 0 amide bonds. The standard InChI is InChI=1S/C13H10FNO5S/c14-9-5-1-2-7-11(9)21(19,20)15-10-6-3-4-8(12(10)16)13(17)18/h1-7,15-16H,(H,17,18). The maximum atomic E-state index is 13.5. The van der Waals surface area contributed by atoms with Gasteiger partial charge in [0.1, 0.15) is 16.3 Å². The number of hydrogen-bond donors (Lipinski definition) is 3. The highest BCUT2D eigenvalue weighted by atomic mass is 32.2. The first-order chi connectivity index (χ1) is 9.83. The molecule has 0 unspecified atom stereocenters. The van der Waals surface area contributed by atoms with E-state index in [1.54, 1.807) is 0 Å². The molecule has 0 bridgehead atoms. The average Bonchev–Trinajstić information content (AvgIpc) is 2.41. The zero-order valence-electron chi connectivity index (χ0n) is 10.4. The van der Waals surface area contributed by atoms with Crippen LogP contribution < -0.4 is 4.72 Å². The minimum atomic E-state index is -4.29. The predicted octanol–water partition coefficient (Wildman–Crippen LogP) is 2.03. The number of halogens is 1. The number of carboxylic acid groups (broad SMARTS) is 1. The summed E-state index contributed by atoms with van der Waals surface area (Å²) in [6.45, 7) is 0. The lowest BCUT2D eigenvalue weighted by Crippen LogP contribution is -2.15. The maximum absolute atomic E-state index is 13.5. The second-order valence-electron chi connectivity index (χ2n) is 4.04. The van der Waals surface area contributed by atoms with Gasteiger partial charge in [0.2, 0.25) is 0 Å². The van der Waals surface area contributed by atoms with Crippen molar-refractivity contribution in [2.24, 2.45) is 0 Å². The van der Waals surface area contributed by atoms with Gasteiger partial charge in [-0.25, -0.2) is 17.6 Å². The van der Waals surface area contributed by atoms with E-state index >= 15 is 0 Å². The van der Waals surface area contributed by atoms with E-state index in [4.69, 9.17) is 5.11 Å². The van der Waals surface area contributed by atoms with E-state index in [2.05, 4.69) is 0 Å². The molecule has 0 aliphatic rings. The van der Waals surface area contributed by atoms with Crippen LogP contribution in [0.25, 0.3) is 0 Å². The highest BCUT2D eigenvalue weighted by Gasteiger charge is 2.21. The molecule has 2 rings (SSSR count). The number of aromatic carboxylic acids is 1. The van der Waals surface area contributed by atoms with E-state index in [9.17, 15) is 22.7 Å². The molecule has 8 heteroatoms. The summed E-state index contributed by atoms with van der Waals surface area (Å²) in [6, 6.07) is 8.22. The quantitative estimate of drug-likeness (QED) is 0.750. The molecule has 3 N–H and O–H groups in total. The molecule has 0 aromatic heterocycles. The molecule has 2 aromatic rings. The SMILES string of the molecule is O=C(O)c1cccc(NS(=O)(=O)c2ccccc2F)c1O. The Labute approximate surface area is 119 Å². The molecule has 0 saturated heterocycles. The van der Waals surface area contributed by atoms with Crippen molar-refractivity contribution in [2.45, 2.75) is 4.90 Å². The summed E-state index contributed by atoms with van der Waals surface area (Å²) < 4.78 is 39.6. The highest BCUT2D eigenvalue weighted by Crippen LogP contribution is 2.29. The van der Waals surface area contributed by atoms with Gasteiger partial charge in [-0.15, -0.1) is 0 Å². The van der Waals surface area contributed by atoms with Crippen molar-refractivity contribution < 1.29 is 27.8 Å². The molecule has 0 aliphatic heterocycles. The number of rotatable bonds is 4. The van der Waals surface area contributed by atoms with Crippen molar-refractivity contribution in [1.82, 2.24) is 0 Å². The van der Waals surface area contributed by atoms with Crippen molar-refractivity contribution in [3.05, 3.63) is 53.8 Å². The van der Waals surface area contributed by atoms with Gasteiger partial charge in [0, 0.05) is 0 Å². The van der Waals surface area contributed by atoms with Crippen molar-refractivity contribution in [3.63, 3.8) is 0 Å². The summed E-state index contributed by atoms with van der Waals surface area (Å²) >= 11 is 0. The Balaban J connectivity index is 2.45. The molecular weight excluding hydrogens is 301 g/mol. The third kappa shape index (κ3) is 2.95. The van der Waals surface area contributed by atoms with Crippen LogP contribution in [0.3, 0.4) is 0 Å². The predicted molar refractivity (Wildman–Crippen MR) is 72.3 cm³/mol. The molecular formula is C13H10FNO5S. The van der Waals surface area contributed by atoms with E-state index in [0.29, 0.717) is 0 Å². The van der Waals surface area contributed by atoms with Gasteiger partial charge in [-0.05, 0) is 24.3 Å². The fourth-order valence-corrected chi connectivity index (χ4v) is 2.81. The Morgan fingerprint density at radius 1 is 1.10 bits per heavy atom. The number of anilines is 1. The molecule has 0 spiro atoms. The van der Waals surface area contributed by atoms with Gasteiger partial charge < -0.3 is 10.2 Å². The molecule has 0 atom stereocenters. The minimum absolute atomic E-state index is 0.349. The average molecular weight is 311 g/mol. The van der Waals surface area contributed by atoms with Gasteiger partial charge in [0.05, 0.1) is 5.69 Å². The van der Waals surface area contributed by atoms with Crippen molar-refractivity contribution >= 4 is 21.7 Å². The lowest BCUT2D eigenvalue weighted by molar-refractivity contribution is 0.0694. The Hall–Kier alpha value is -2.61. The van der Waals surface area contributed by atoms with Crippen molar-refractivity contribution in [3.8, 4) is 5.75 Å². The number of benzene rings is 2. The van der Waals surface area contributed by atoms with Crippen LogP contribution in [0.4, 0.5) is 10.1 Å². The molecule has 2 aromatic carbocycles. The lowest BCUT2D eigenvalue weighted by atomic mass is 10.2. The number of sulfonamides is 1. The largest absolute Gasteiger partial charge is 0.505 e. The Kier molecular flexibility index (Phi) is 3.81. The fraction of sp³-hybridized carbons (Fsp3) is 0. The van der Waals surface area contributed by atoms with Gasteiger partial charge in [-0.1, -0.05) is 18.2 Å². The van der Waals surface area contributed by atoms with Crippen LogP contribution in [0.5, 0.6) is 5.75 Å². The topological polar surface area (TPSA) is 104 Å². The van der Waals surface area contributed by atoms with Crippen LogP contribution in [0, 0.1) is 5.82 Å². The van der Waals surface area contributed by atoms with Crippen LogP contribution >= 0.6 is 0 Å². The summed E-state index contributed by atoms with van der Waals surface area (Å²) in [4.78, 5) is 10.3. The lowest BCUT2D eigenvalue weighted by Gasteiger charge is -2.11. The summed E-state index contributed by atoms with van der Waals surface area (Å²) in [5.41, 5.74) is -0.818. The van der Waals surface area contributed by atoms with Crippen LogP contribution in [0.1, 0.15) is 10.4 Å². The second kappa shape index (κ2) is 5.41. The van der Waals surface area contributed by atoms with E-state index in [0.717, 1.165) is 18.2 Å². The van der Waals surface area contributed by atoms with E-state index in [1.807, 2.05) is 4.72 Å². The van der Waals surface area contributed by atoms with Crippen LogP contribution in [0.15, 0.2) is 47.4 Å². The Morgan fingerprint density at radius 3 is 2.38 bits per heavy atom. The number of carbonyl (C=O) groups is 1. The third-order valence-electron chi connectivity index (χ3n) is 2.64. The van der Waals surface area contributed by atoms with Crippen LogP contribution in [-0.2, 0) is 10.0 Å². The molecule has 0 aliphatic carbocycles. The number of aromatic hydroxyl groups is 1. The van der Waals surface area contributed by atoms with Gasteiger partial charge in [-0.3, -0.25) is 4.72 Å². The first-order valence-electron chi connectivity index (χ1n) is 5.65. The number of hydrogen-bond acceptors (Lipinski definition) is 4. The normalized spacial score (nSPS) is 11.1. The maximum Gasteiger partial charge on any atom is 0.339 e. The monoisotopic (exact) mass is 311 g/mol. The van der Waals surface area contributed by atoms with Crippen molar-refractivity contribution in [2.75, 3.05) is 4.72 Å². The number of para-hydroxylation sites is 1. The summed E-state index contributed by atoms with van der Waals surface area (Å²) in [7, 11) is -4.29. The summed E-state index contributed by atoms with van der Waals surface area (Å²) in [5, 5.41) is 18.6. The van der Waals surface area contributed by atoms with Gasteiger partial charge in [-0.2, -0.15) is 0 Å². The fourth-order valence-electron chi connectivity index (χ4n) is 1.66. The number of carboxylic acids is 1. The molecule has 0 fully saturated rings. The molecule has 110 valence electrons. The summed E-state index contributed by atoms with van der Waals surface area (Å²) in [5.74, 6) is -3.12. The van der Waals surface area contributed by atoms with Gasteiger partial charge >= 0.3 is 5.97 Å². The Bertz CT molecular complexity index is 804. The number of phenols is 1. The zero-order valence-corrected chi connectivity index (χ0v) is 11.3. The highest BCUT2D eigenvalue weighted by molar-refractivity contribution is 7.92. The third-order valence-corrected chi connectivity index (χ3v) is 4.04. The molecule has 0 heterocycles. The number of nitrogens with one attached hydrogen (secondary N) is 1. The molecule has 0 radical (unpaired) electrons. The van der Waals surface area contributed by atoms with Crippen molar-refractivity contribution in [1.29, 1.82) is 0 Å². The summed E-state index contributed by atoms with van der Waals surface area (Å²) in [6.07, 6.45) is 0. The smallest absolute Gasteiger partial charge is 0.339 e. The van der Waals surface area contributed by atoms with Gasteiger partial charge in [0.25, 0.3) is 10.0 Å². The van der Waals surface area contributed by atoms with E-state index in [-0.39, 0.29) is 5.69 Å².